The molecule has 0 fully saturated rings. The summed E-state index contributed by atoms with van der Waals surface area (Å²) in [4.78, 5) is 4.04. The number of hydrogen-bond acceptors (Lipinski definition) is 5. The molecule has 0 bridgehead atoms. The normalized spacial score (nSPS) is 12.2. The molecule has 0 radical (unpaired) electrons. The van der Waals surface area contributed by atoms with E-state index in [1.54, 1.807) is 7.05 Å². The third-order valence-corrected chi connectivity index (χ3v) is 5.43. The van der Waals surface area contributed by atoms with Crippen LogP contribution in [0.1, 0.15) is 26.7 Å². The highest BCUT2D eigenvalue weighted by Gasteiger charge is 2.29. The molecule has 0 atom stereocenters. The summed E-state index contributed by atoms with van der Waals surface area (Å²) in [6, 6.07) is 1.45. The van der Waals surface area contributed by atoms with Gasteiger partial charge in [-0.3, -0.25) is 0 Å². The van der Waals surface area contributed by atoms with E-state index in [-0.39, 0.29) is 16.8 Å². The Hall–Kier alpha value is -0.700. The minimum Gasteiger partial charge on any atom is -0.307 e. The fourth-order valence-corrected chi connectivity index (χ4v) is 4.00. The Labute approximate surface area is 122 Å². The maximum absolute atomic E-state index is 12.6. The van der Waals surface area contributed by atoms with Gasteiger partial charge >= 0.3 is 0 Å². The van der Waals surface area contributed by atoms with Crippen LogP contribution in [-0.4, -0.2) is 30.8 Å². The standard InChI is InChI=1S/C11H19BrN4O2S/c1-4-9(5-2)16(3)19(17,18)10-6-8(12)7-14-11(10)15-13/h6-7,9H,4-5,13H2,1-3H3,(H,14,15). The van der Waals surface area contributed by atoms with Gasteiger partial charge in [0.2, 0.25) is 10.0 Å². The quantitative estimate of drug-likeness (QED) is 0.604. The van der Waals surface area contributed by atoms with Crippen molar-refractivity contribution in [3.63, 3.8) is 0 Å². The van der Waals surface area contributed by atoms with Gasteiger partial charge in [-0.25, -0.2) is 19.2 Å². The number of pyridine rings is 1. The van der Waals surface area contributed by atoms with E-state index in [1.165, 1.54) is 16.6 Å². The zero-order valence-corrected chi connectivity index (χ0v) is 13.6. The van der Waals surface area contributed by atoms with Crippen LogP contribution >= 0.6 is 15.9 Å². The predicted octanol–water partition coefficient (Wildman–Crippen LogP) is 1.94. The topological polar surface area (TPSA) is 88.3 Å². The summed E-state index contributed by atoms with van der Waals surface area (Å²) >= 11 is 3.22. The molecule has 1 heterocycles. The van der Waals surface area contributed by atoms with Crippen LogP contribution in [0.3, 0.4) is 0 Å². The molecule has 6 nitrogen and oxygen atoms in total. The van der Waals surface area contributed by atoms with Gasteiger partial charge < -0.3 is 5.43 Å². The van der Waals surface area contributed by atoms with Crippen LogP contribution in [0.5, 0.6) is 0 Å². The molecule has 0 saturated carbocycles. The monoisotopic (exact) mass is 350 g/mol. The largest absolute Gasteiger partial charge is 0.307 e. The molecule has 0 aliphatic heterocycles. The Morgan fingerprint density at radius 1 is 1.47 bits per heavy atom. The molecule has 0 spiro atoms. The molecule has 0 unspecified atom stereocenters. The lowest BCUT2D eigenvalue weighted by atomic mass is 10.2. The lowest BCUT2D eigenvalue weighted by Gasteiger charge is -2.26. The highest BCUT2D eigenvalue weighted by Crippen LogP contribution is 2.26. The van der Waals surface area contributed by atoms with Gasteiger partial charge in [-0.1, -0.05) is 13.8 Å². The van der Waals surface area contributed by atoms with E-state index < -0.39 is 10.0 Å². The van der Waals surface area contributed by atoms with Gasteiger partial charge in [-0.05, 0) is 34.8 Å². The predicted molar refractivity (Wildman–Crippen MR) is 79.1 cm³/mol. The number of nitrogen functional groups attached to an aromatic ring is 1. The highest BCUT2D eigenvalue weighted by molar-refractivity contribution is 9.10. The number of nitrogens with zero attached hydrogens (tertiary/aromatic N) is 2. The Balaban J connectivity index is 3.30. The average Bonchev–Trinajstić information content (AvgIpc) is 2.39. The molecular formula is C11H19BrN4O2S. The number of hydrazine groups is 1. The van der Waals surface area contributed by atoms with Crippen molar-refractivity contribution in [3.05, 3.63) is 16.7 Å². The summed E-state index contributed by atoms with van der Waals surface area (Å²) in [5.74, 6) is 5.47. The van der Waals surface area contributed by atoms with E-state index in [0.717, 1.165) is 12.8 Å². The second-order valence-electron chi connectivity index (χ2n) is 4.14. The summed E-state index contributed by atoms with van der Waals surface area (Å²) < 4.78 is 27.1. The van der Waals surface area contributed by atoms with E-state index >= 15 is 0 Å². The highest BCUT2D eigenvalue weighted by atomic mass is 79.9. The van der Waals surface area contributed by atoms with Crippen molar-refractivity contribution in [2.24, 2.45) is 5.84 Å². The van der Waals surface area contributed by atoms with E-state index in [2.05, 4.69) is 26.3 Å². The number of aromatic nitrogens is 1. The molecule has 1 rings (SSSR count). The fourth-order valence-electron chi connectivity index (χ4n) is 1.88. The van der Waals surface area contributed by atoms with Crippen molar-refractivity contribution in [2.75, 3.05) is 12.5 Å². The van der Waals surface area contributed by atoms with Crippen molar-refractivity contribution in [1.82, 2.24) is 9.29 Å². The van der Waals surface area contributed by atoms with Crippen molar-refractivity contribution in [3.8, 4) is 0 Å². The first kappa shape index (κ1) is 16.4. The molecule has 0 saturated heterocycles. The first-order valence-electron chi connectivity index (χ1n) is 5.98. The molecule has 0 amide bonds. The molecule has 8 heteroatoms. The zero-order chi connectivity index (χ0) is 14.6. The van der Waals surface area contributed by atoms with Crippen LogP contribution in [0.25, 0.3) is 0 Å². The Morgan fingerprint density at radius 2 is 2.05 bits per heavy atom. The number of halogens is 1. The number of sulfonamides is 1. The lowest BCUT2D eigenvalue weighted by molar-refractivity contribution is 0.350. The molecule has 108 valence electrons. The number of anilines is 1. The van der Waals surface area contributed by atoms with Crippen LogP contribution in [0.4, 0.5) is 5.82 Å². The molecule has 0 aliphatic rings. The van der Waals surface area contributed by atoms with Gasteiger partial charge in [-0.2, -0.15) is 4.31 Å². The van der Waals surface area contributed by atoms with Crippen LogP contribution in [0, 0.1) is 0 Å². The number of nitrogens with one attached hydrogen (secondary N) is 1. The maximum atomic E-state index is 12.6. The molecule has 19 heavy (non-hydrogen) atoms. The van der Waals surface area contributed by atoms with E-state index in [0.29, 0.717) is 4.47 Å². The summed E-state index contributed by atoms with van der Waals surface area (Å²) in [5.41, 5.74) is 2.32. The fraction of sp³-hybridized carbons (Fsp3) is 0.545. The Bertz CT molecular complexity index is 531. The van der Waals surface area contributed by atoms with Crippen LogP contribution in [0.2, 0.25) is 0 Å². The number of nitrogens with two attached hydrogens (primary N) is 1. The van der Waals surface area contributed by atoms with E-state index in [1.807, 2.05) is 13.8 Å². The first-order valence-corrected chi connectivity index (χ1v) is 8.21. The van der Waals surface area contributed by atoms with Crippen molar-refractivity contribution < 1.29 is 8.42 Å². The van der Waals surface area contributed by atoms with Crippen molar-refractivity contribution in [1.29, 1.82) is 0 Å². The second kappa shape index (κ2) is 6.65. The lowest BCUT2D eigenvalue weighted by Crippen LogP contribution is -2.36. The minimum absolute atomic E-state index is 0.0467. The second-order valence-corrected chi connectivity index (χ2v) is 7.02. The summed E-state index contributed by atoms with van der Waals surface area (Å²) in [6.07, 6.45) is 2.99. The third kappa shape index (κ3) is 3.44. The zero-order valence-electron chi connectivity index (χ0n) is 11.2. The summed E-state index contributed by atoms with van der Waals surface area (Å²) in [7, 11) is -2.05. The van der Waals surface area contributed by atoms with Gasteiger partial charge in [0.05, 0.1) is 0 Å². The van der Waals surface area contributed by atoms with Crippen LogP contribution in [-0.2, 0) is 10.0 Å². The van der Waals surface area contributed by atoms with Gasteiger partial charge in [0, 0.05) is 23.8 Å². The van der Waals surface area contributed by atoms with Gasteiger partial charge in [-0.15, -0.1) is 0 Å². The minimum atomic E-state index is -3.63. The average molecular weight is 351 g/mol. The van der Waals surface area contributed by atoms with Gasteiger partial charge in [0.1, 0.15) is 4.90 Å². The maximum Gasteiger partial charge on any atom is 0.246 e. The third-order valence-electron chi connectivity index (χ3n) is 3.07. The Kier molecular flexibility index (Phi) is 5.72. The number of rotatable bonds is 6. The molecular weight excluding hydrogens is 332 g/mol. The molecule has 1 aromatic rings. The summed E-state index contributed by atoms with van der Waals surface area (Å²) in [5, 5.41) is 0. The van der Waals surface area contributed by atoms with E-state index in [4.69, 9.17) is 5.84 Å². The first-order chi connectivity index (χ1) is 8.88. The van der Waals surface area contributed by atoms with Gasteiger partial charge in [0.25, 0.3) is 0 Å². The van der Waals surface area contributed by atoms with Gasteiger partial charge in [0.15, 0.2) is 5.82 Å². The van der Waals surface area contributed by atoms with E-state index in [9.17, 15) is 8.42 Å². The van der Waals surface area contributed by atoms with Crippen LogP contribution < -0.4 is 11.3 Å². The van der Waals surface area contributed by atoms with Crippen molar-refractivity contribution >= 4 is 31.8 Å². The summed E-state index contributed by atoms with van der Waals surface area (Å²) in [6.45, 7) is 3.92. The van der Waals surface area contributed by atoms with Crippen LogP contribution in [0.15, 0.2) is 21.6 Å². The molecule has 0 aromatic carbocycles. The molecule has 3 N–H and O–H groups in total. The number of hydrogen-bond donors (Lipinski definition) is 2. The molecule has 1 aromatic heterocycles. The Morgan fingerprint density at radius 3 is 2.53 bits per heavy atom. The SMILES string of the molecule is CCC(CC)N(C)S(=O)(=O)c1cc(Br)cnc1NN. The molecule has 0 aliphatic carbocycles. The van der Waals surface area contributed by atoms with Crippen molar-refractivity contribution in [2.45, 2.75) is 37.6 Å². The smallest absolute Gasteiger partial charge is 0.246 e.